The summed E-state index contributed by atoms with van der Waals surface area (Å²) in [6, 6.07) is 4.30. The van der Waals surface area contributed by atoms with E-state index >= 15 is 0 Å². The fourth-order valence-electron chi connectivity index (χ4n) is 3.80. The van der Waals surface area contributed by atoms with Crippen LogP contribution >= 0.6 is 11.3 Å². The van der Waals surface area contributed by atoms with Crippen LogP contribution in [0.1, 0.15) is 29.7 Å². The lowest BCUT2D eigenvalue weighted by Gasteiger charge is -2.25. The molecule has 1 saturated heterocycles. The van der Waals surface area contributed by atoms with Crippen molar-refractivity contribution in [2.75, 3.05) is 18.4 Å². The smallest absolute Gasteiger partial charge is 0.263 e. The first-order valence-corrected chi connectivity index (χ1v) is 12.5. The molecule has 0 spiro atoms. The quantitative estimate of drug-likeness (QED) is 0.607. The Morgan fingerprint density at radius 1 is 1.22 bits per heavy atom. The van der Waals surface area contributed by atoms with Crippen molar-refractivity contribution in [1.82, 2.24) is 13.9 Å². The number of hydrogen-bond acceptors (Lipinski definition) is 6. The second kappa shape index (κ2) is 8.72. The highest BCUT2D eigenvalue weighted by Crippen LogP contribution is 2.33. The number of sulfonamides is 1. The van der Waals surface area contributed by atoms with Gasteiger partial charge in [-0.3, -0.25) is 14.2 Å². The van der Waals surface area contributed by atoms with E-state index in [0.29, 0.717) is 28.4 Å². The van der Waals surface area contributed by atoms with Crippen molar-refractivity contribution in [3.8, 4) is 0 Å². The monoisotopic (exact) mass is 478 g/mol. The van der Waals surface area contributed by atoms with Gasteiger partial charge >= 0.3 is 0 Å². The molecule has 11 heteroatoms. The number of aromatic nitrogens is 2. The molecule has 0 unspecified atom stereocenters. The van der Waals surface area contributed by atoms with E-state index < -0.39 is 27.3 Å². The number of fused-ring (bicyclic) bond motifs is 1. The van der Waals surface area contributed by atoms with Crippen molar-refractivity contribution in [3.63, 3.8) is 0 Å². The fourth-order valence-corrected chi connectivity index (χ4v) is 6.98. The Bertz CT molecular complexity index is 1360. The molecule has 0 atom stereocenters. The highest BCUT2D eigenvalue weighted by molar-refractivity contribution is 7.89. The maximum absolute atomic E-state index is 13.7. The molecule has 1 aliphatic heterocycles. The van der Waals surface area contributed by atoms with Crippen molar-refractivity contribution in [1.29, 1.82) is 0 Å². The van der Waals surface area contributed by atoms with Gasteiger partial charge in [-0.2, -0.15) is 4.31 Å². The zero-order valence-corrected chi connectivity index (χ0v) is 19.4. The number of piperidine rings is 1. The lowest BCUT2D eigenvalue weighted by Crippen LogP contribution is -2.36. The van der Waals surface area contributed by atoms with Gasteiger partial charge in [0.1, 0.15) is 22.1 Å². The number of carbonyl (C=O) groups is 1. The van der Waals surface area contributed by atoms with Crippen LogP contribution in [0.2, 0.25) is 0 Å². The van der Waals surface area contributed by atoms with Gasteiger partial charge in [-0.05, 0) is 44.4 Å². The number of anilines is 1. The third-order valence-electron chi connectivity index (χ3n) is 5.48. The van der Waals surface area contributed by atoms with Crippen LogP contribution in [0, 0.1) is 19.7 Å². The third kappa shape index (κ3) is 4.19. The van der Waals surface area contributed by atoms with Crippen LogP contribution < -0.4 is 10.9 Å². The molecule has 1 aliphatic rings. The largest absolute Gasteiger partial charge is 0.324 e. The lowest BCUT2D eigenvalue weighted by molar-refractivity contribution is -0.116. The summed E-state index contributed by atoms with van der Waals surface area (Å²) in [4.78, 5) is 30.7. The average Bonchev–Trinajstić information content (AvgIpc) is 3.11. The number of amides is 1. The third-order valence-corrected chi connectivity index (χ3v) is 8.70. The van der Waals surface area contributed by atoms with Crippen LogP contribution in [-0.2, 0) is 21.4 Å². The van der Waals surface area contributed by atoms with Crippen LogP contribution in [0.15, 0.2) is 34.2 Å². The number of hydrogen-bond donors (Lipinski definition) is 1. The Labute approximate surface area is 188 Å². The zero-order chi connectivity index (χ0) is 23.0. The maximum atomic E-state index is 13.7. The molecular formula is C21H23FN4O4S2. The molecule has 3 aromatic rings. The van der Waals surface area contributed by atoms with Crippen LogP contribution in [0.3, 0.4) is 0 Å². The normalized spacial score (nSPS) is 15.2. The van der Waals surface area contributed by atoms with Crippen LogP contribution in [0.5, 0.6) is 0 Å². The SMILES string of the molecule is Cc1ccc(NC(=O)Cn2cnc3sc(C)c(S(=O)(=O)N4CCCCC4)c3c2=O)cc1F. The van der Waals surface area contributed by atoms with Gasteiger partial charge in [-0.1, -0.05) is 12.5 Å². The van der Waals surface area contributed by atoms with Crippen molar-refractivity contribution in [2.24, 2.45) is 0 Å². The Kier molecular flexibility index (Phi) is 6.15. The van der Waals surface area contributed by atoms with Crippen molar-refractivity contribution in [3.05, 3.63) is 51.1 Å². The van der Waals surface area contributed by atoms with E-state index in [1.165, 1.54) is 22.8 Å². The Balaban J connectivity index is 1.67. The first kappa shape index (κ1) is 22.6. The molecule has 0 aliphatic carbocycles. The van der Waals surface area contributed by atoms with Gasteiger partial charge in [-0.25, -0.2) is 17.8 Å². The number of nitrogens with zero attached hydrogens (tertiary/aromatic N) is 3. The van der Waals surface area contributed by atoms with Gasteiger partial charge in [-0.15, -0.1) is 11.3 Å². The lowest BCUT2D eigenvalue weighted by atomic mass is 10.2. The van der Waals surface area contributed by atoms with E-state index in [4.69, 9.17) is 0 Å². The summed E-state index contributed by atoms with van der Waals surface area (Å²) in [6.45, 7) is 3.73. The molecule has 1 aromatic carbocycles. The number of halogens is 1. The summed E-state index contributed by atoms with van der Waals surface area (Å²) < 4.78 is 42.8. The minimum absolute atomic E-state index is 0.00903. The molecular weight excluding hydrogens is 455 g/mol. The van der Waals surface area contributed by atoms with Crippen molar-refractivity contribution < 1.29 is 17.6 Å². The van der Waals surface area contributed by atoms with Crippen molar-refractivity contribution in [2.45, 2.75) is 44.6 Å². The zero-order valence-electron chi connectivity index (χ0n) is 17.7. The van der Waals surface area contributed by atoms with Crippen molar-refractivity contribution >= 4 is 43.2 Å². The minimum Gasteiger partial charge on any atom is -0.324 e. The number of aryl methyl sites for hydroxylation is 2. The Morgan fingerprint density at radius 3 is 2.62 bits per heavy atom. The molecule has 0 radical (unpaired) electrons. The molecule has 1 amide bonds. The van der Waals surface area contributed by atoms with Crippen LogP contribution in [0.4, 0.5) is 10.1 Å². The van der Waals surface area contributed by atoms with Gasteiger partial charge in [0.05, 0.1) is 11.7 Å². The molecule has 170 valence electrons. The molecule has 0 bridgehead atoms. The van der Waals surface area contributed by atoms with E-state index in [-0.39, 0.29) is 22.5 Å². The summed E-state index contributed by atoms with van der Waals surface area (Å²) in [5, 5.41) is 2.55. The minimum atomic E-state index is -3.85. The number of thiophene rings is 1. The number of carbonyl (C=O) groups excluding carboxylic acids is 1. The molecule has 4 rings (SSSR count). The molecule has 3 heterocycles. The van der Waals surface area contributed by atoms with Gasteiger partial charge in [0.2, 0.25) is 15.9 Å². The van der Waals surface area contributed by atoms with Crippen LogP contribution in [-0.4, -0.2) is 41.3 Å². The summed E-state index contributed by atoms with van der Waals surface area (Å²) in [7, 11) is -3.85. The predicted molar refractivity (Wildman–Crippen MR) is 121 cm³/mol. The van der Waals surface area contributed by atoms with E-state index in [1.54, 1.807) is 19.9 Å². The van der Waals surface area contributed by atoms with E-state index in [2.05, 4.69) is 10.3 Å². The summed E-state index contributed by atoms with van der Waals surface area (Å²) in [5.41, 5.74) is 0.115. The highest BCUT2D eigenvalue weighted by atomic mass is 32.2. The Hall–Kier alpha value is -2.63. The van der Waals surface area contributed by atoms with Gasteiger partial charge in [0.15, 0.2) is 0 Å². The van der Waals surface area contributed by atoms with Crippen LogP contribution in [0.25, 0.3) is 10.2 Å². The number of benzene rings is 1. The second-order valence-corrected chi connectivity index (χ2v) is 10.9. The number of nitrogens with one attached hydrogen (secondary N) is 1. The molecule has 1 fully saturated rings. The Morgan fingerprint density at radius 2 is 1.94 bits per heavy atom. The molecule has 2 aromatic heterocycles. The highest BCUT2D eigenvalue weighted by Gasteiger charge is 2.32. The van der Waals surface area contributed by atoms with Gasteiger partial charge < -0.3 is 5.32 Å². The fraction of sp³-hybridized carbons (Fsp3) is 0.381. The molecule has 8 nitrogen and oxygen atoms in total. The van der Waals surface area contributed by atoms with Gasteiger partial charge in [0, 0.05) is 23.7 Å². The molecule has 32 heavy (non-hydrogen) atoms. The topological polar surface area (TPSA) is 101 Å². The maximum Gasteiger partial charge on any atom is 0.263 e. The number of rotatable bonds is 5. The van der Waals surface area contributed by atoms with Gasteiger partial charge in [0.25, 0.3) is 5.56 Å². The summed E-state index contributed by atoms with van der Waals surface area (Å²) in [5.74, 6) is -1.01. The average molecular weight is 479 g/mol. The van der Waals surface area contributed by atoms with E-state index in [0.717, 1.165) is 35.2 Å². The molecule has 0 saturated carbocycles. The first-order valence-electron chi connectivity index (χ1n) is 10.2. The standard InChI is InChI=1S/C21H23FN4O4S2/c1-13-6-7-15(10-16(13)22)24-17(27)11-25-12-23-20-18(21(25)28)19(14(2)31-20)32(29,30)26-8-4-3-5-9-26/h6-7,10,12H,3-5,8-9,11H2,1-2H3,(H,24,27). The molecule has 1 N–H and O–H groups in total. The van der Waals surface area contributed by atoms with E-state index in [1.807, 2.05) is 0 Å². The predicted octanol–water partition coefficient (Wildman–Crippen LogP) is 3.03. The summed E-state index contributed by atoms with van der Waals surface area (Å²) >= 11 is 1.14. The first-order chi connectivity index (χ1) is 15.2. The van der Waals surface area contributed by atoms with E-state index in [9.17, 15) is 22.4 Å². The summed E-state index contributed by atoms with van der Waals surface area (Å²) in [6.07, 6.45) is 3.77. The second-order valence-electron chi connectivity index (χ2n) is 7.82.